The summed E-state index contributed by atoms with van der Waals surface area (Å²) in [4.78, 5) is 35.8. The number of fused-ring (bicyclic) bond motifs is 1. The number of ether oxygens (including phenoxy) is 1. The van der Waals surface area contributed by atoms with Crippen molar-refractivity contribution in [3.8, 4) is 0 Å². The van der Waals surface area contributed by atoms with Gasteiger partial charge in [0.2, 0.25) is 5.91 Å². The lowest BCUT2D eigenvalue weighted by atomic mass is 9.89. The maximum atomic E-state index is 13.6. The Balaban J connectivity index is 1.55. The molecule has 0 radical (unpaired) electrons. The van der Waals surface area contributed by atoms with Crippen LogP contribution in [0.1, 0.15) is 41.6 Å². The van der Waals surface area contributed by atoms with E-state index in [4.69, 9.17) is 9.73 Å². The molecule has 0 saturated heterocycles. The summed E-state index contributed by atoms with van der Waals surface area (Å²) in [5.74, 6) is -0.415. The molecule has 3 aromatic carbocycles. The van der Waals surface area contributed by atoms with Gasteiger partial charge in [-0.05, 0) is 35.9 Å². The minimum atomic E-state index is -0.485. The summed E-state index contributed by atoms with van der Waals surface area (Å²) in [5.41, 5.74) is 5.82. The Morgan fingerprint density at radius 2 is 1.64 bits per heavy atom. The number of carbonyl (C=O) groups is 2. The van der Waals surface area contributed by atoms with Crippen LogP contribution < -0.4 is 0 Å². The lowest BCUT2D eigenvalue weighted by Crippen LogP contribution is -2.38. The van der Waals surface area contributed by atoms with E-state index in [0.717, 1.165) is 33.1 Å². The molecule has 2 aliphatic rings. The predicted octanol–water partition coefficient (Wildman–Crippen LogP) is 6.32. The first kappa shape index (κ1) is 26.5. The predicted molar refractivity (Wildman–Crippen MR) is 156 cm³/mol. The number of hydrogen-bond donors (Lipinski definition) is 0. The van der Waals surface area contributed by atoms with E-state index in [0.29, 0.717) is 17.8 Å². The van der Waals surface area contributed by atoms with Crippen molar-refractivity contribution in [3.05, 3.63) is 124 Å². The summed E-state index contributed by atoms with van der Waals surface area (Å²) in [6.07, 6.45) is 0.189. The minimum absolute atomic E-state index is 0.00833. The van der Waals surface area contributed by atoms with Gasteiger partial charge in [-0.15, -0.1) is 0 Å². The Labute approximate surface area is 233 Å². The number of amidine groups is 1. The summed E-state index contributed by atoms with van der Waals surface area (Å²) >= 11 is 1.48. The molecule has 0 aromatic heterocycles. The number of aliphatic imine (C=N–C) groups is 1. The monoisotopic (exact) mass is 537 g/mol. The summed E-state index contributed by atoms with van der Waals surface area (Å²) in [5, 5.41) is 2.72. The van der Waals surface area contributed by atoms with Crippen LogP contribution in [0, 0.1) is 6.92 Å². The molecule has 0 bridgehead atoms. The third kappa shape index (κ3) is 5.54. The Kier molecular flexibility index (Phi) is 7.98. The quantitative estimate of drug-likeness (QED) is 0.315. The molecule has 0 aliphatic carbocycles. The van der Waals surface area contributed by atoms with E-state index < -0.39 is 12.0 Å². The number of amides is 1. The summed E-state index contributed by atoms with van der Waals surface area (Å²) in [6.45, 7) is 4.62. The van der Waals surface area contributed by atoms with Gasteiger partial charge in [0.25, 0.3) is 0 Å². The van der Waals surface area contributed by atoms with Crippen molar-refractivity contribution in [3.63, 3.8) is 0 Å². The second-order valence-corrected chi connectivity index (χ2v) is 10.3. The average molecular weight is 538 g/mol. The SMILES string of the molecule is CCOC(=O)C1=C(c2ccccc2)N=C2SC=C(CC(=O)N(C)Cc3ccccc3)N2C1c1ccccc1C. The molecule has 2 heterocycles. The molecule has 0 N–H and O–H groups in total. The van der Waals surface area contributed by atoms with Crippen LogP contribution in [0.2, 0.25) is 0 Å². The molecule has 5 rings (SSSR count). The van der Waals surface area contributed by atoms with Crippen LogP contribution >= 0.6 is 11.8 Å². The van der Waals surface area contributed by atoms with Crippen LogP contribution in [0.3, 0.4) is 0 Å². The standard InChI is InChI=1S/C32H31N3O3S/c1-4-38-31(37)28-29(24-16-9-6-10-17-24)33-32-35(30(28)26-18-12-11-13-22(26)2)25(21-39-32)19-27(36)34(3)20-23-14-7-5-8-15-23/h5-18,21,30H,4,19-20H2,1-3H3. The van der Waals surface area contributed by atoms with Crippen molar-refractivity contribution >= 4 is 34.5 Å². The van der Waals surface area contributed by atoms with Gasteiger partial charge in [0.05, 0.1) is 30.3 Å². The molecule has 2 aliphatic heterocycles. The molecule has 1 atom stereocenters. The Morgan fingerprint density at radius 3 is 2.33 bits per heavy atom. The molecular formula is C32H31N3O3S. The van der Waals surface area contributed by atoms with Crippen molar-refractivity contribution in [1.29, 1.82) is 0 Å². The van der Waals surface area contributed by atoms with E-state index in [1.165, 1.54) is 11.8 Å². The molecule has 198 valence electrons. The van der Waals surface area contributed by atoms with Crippen LogP contribution in [-0.4, -0.2) is 40.5 Å². The molecule has 1 unspecified atom stereocenters. The first-order valence-electron chi connectivity index (χ1n) is 13.0. The molecule has 7 heteroatoms. The molecule has 39 heavy (non-hydrogen) atoms. The minimum Gasteiger partial charge on any atom is -0.463 e. The largest absolute Gasteiger partial charge is 0.463 e. The Morgan fingerprint density at radius 1 is 0.974 bits per heavy atom. The second-order valence-electron chi connectivity index (χ2n) is 9.51. The number of carbonyl (C=O) groups excluding carboxylic acids is 2. The second kappa shape index (κ2) is 11.7. The van der Waals surface area contributed by atoms with E-state index in [1.54, 1.807) is 11.8 Å². The third-order valence-corrected chi connectivity index (χ3v) is 7.75. The van der Waals surface area contributed by atoms with Crippen molar-refractivity contribution < 1.29 is 14.3 Å². The molecule has 3 aromatic rings. The Hall–Kier alpha value is -4.10. The number of aryl methyl sites for hydroxylation is 1. The van der Waals surface area contributed by atoms with E-state index in [-0.39, 0.29) is 18.9 Å². The van der Waals surface area contributed by atoms with E-state index in [9.17, 15) is 9.59 Å². The highest BCUT2D eigenvalue weighted by Gasteiger charge is 2.42. The number of rotatable bonds is 8. The fourth-order valence-electron chi connectivity index (χ4n) is 4.91. The van der Waals surface area contributed by atoms with Crippen LogP contribution in [0.15, 0.2) is 107 Å². The number of hydrogen-bond acceptors (Lipinski definition) is 6. The van der Waals surface area contributed by atoms with Gasteiger partial charge in [-0.1, -0.05) is 96.7 Å². The van der Waals surface area contributed by atoms with Crippen molar-refractivity contribution in [2.75, 3.05) is 13.7 Å². The number of nitrogens with zero attached hydrogens (tertiary/aromatic N) is 3. The van der Waals surface area contributed by atoms with Crippen LogP contribution in [0.25, 0.3) is 5.70 Å². The summed E-state index contributed by atoms with van der Waals surface area (Å²) in [6, 6.07) is 27.2. The van der Waals surface area contributed by atoms with Crippen molar-refractivity contribution in [2.24, 2.45) is 4.99 Å². The zero-order valence-corrected chi connectivity index (χ0v) is 23.2. The fraction of sp³-hybridized carbons (Fsp3) is 0.219. The molecule has 0 spiro atoms. The number of esters is 1. The summed E-state index contributed by atoms with van der Waals surface area (Å²) in [7, 11) is 1.82. The van der Waals surface area contributed by atoms with Gasteiger partial charge >= 0.3 is 5.97 Å². The molecule has 0 saturated carbocycles. The average Bonchev–Trinajstić information content (AvgIpc) is 3.35. The van der Waals surface area contributed by atoms with Crippen LogP contribution in [0.5, 0.6) is 0 Å². The molecule has 1 amide bonds. The smallest absolute Gasteiger partial charge is 0.338 e. The van der Waals surface area contributed by atoms with E-state index >= 15 is 0 Å². The normalized spacial score (nSPS) is 16.4. The fourth-order valence-corrected chi connectivity index (χ4v) is 5.83. The maximum absolute atomic E-state index is 13.6. The zero-order chi connectivity index (χ0) is 27.4. The highest BCUT2D eigenvalue weighted by molar-refractivity contribution is 8.16. The number of thioether (sulfide) groups is 1. The van der Waals surface area contributed by atoms with Crippen molar-refractivity contribution in [2.45, 2.75) is 32.9 Å². The van der Waals surface area contributed by atoms with E-state index in [1.807, 2.05) is 109 Å². The molecule has 6 nitrogen and oxygen atoms in total. The molecule has 0 fully saturated rings. The highest BCUT2D eigenvalue weighted by atomic mass is 32.2. The summed E-state index contributed by atoms with van der Waals surface area (Å²) < 4.78 is 5.60. The lowest BCUT2D eigenvalue weighted by Gasteiger charge is -2.37. The van der Waals surface area contributed by atoms with Crippen LogP contribution in [-0.2, 0) is 20.9 Å². The first-order valence-corrected chi connectivity index (χ1v) is 13.9. The van der Waals surface area contributed by atoms with Crippen molar-refractivity contribution in [1.82, 2.24) is 9.80 Å². The Bertz CT molecular complexity index is 1460. The maximum Gasteiger partial charge on any atom is 0.338 e. The topological polar surface area (TPSA) is 62.2 Å². The van der Waals surface area contributed by atoms with Gasteiger partial charge in [-0.3, -0.25) is 4.79 Å². The van der Waals surface area contributed by atoms with E-state index in [2.05, 4.69) is 0 Å². The van der Waals surface area contributed by atoms with Gasteiger partial charge < -0.3 is 14.5 Å². The zero-order valence-electron chi connectivity index (χ0n) is 22.3. The molecular weight excluding hydrogens is 506 g/mol. The van der Waals surface area contributed by atoms with Gasteiger partial charge in [-0.25, -0.2) is 9.79 Å². The first-order chi connectivity index (χ1) is 19.0. The number of benzene rings is 3. The highest BCUT2D eigenvalue weighted by Crippen LogP contribution is 2.47. The van der Waals surface area contributed by atoms with Gasteiger partial charge in [0.1, 0.15) is 0 Å². The third-order valence-electron chi connectivity index (χ3n) is 6.86. The van der Waals surface area contributed by atoms with Crippen LogP contribution in [0.4, 0.5) is 0 Å². The van der Waals surface area contributed by atoms with Gasteiger partial charge in [0.15, 0.2) is 5.17 Å². The van der Waals surface area contributed by atoms with Gasteiger partial charge in [-0.2, -0.15) is 0 Å². The van der Waals surface area contributed by atoms with Gasteiger partial charge in [0, 0.05) is 24.9 Å². The lowest BCUT2D eigenvalue weighted by molar-refractivity contribution is -0.139.